The first-order chi connectivity index (χ1) is 8.79. The Morgan fingerprint density at radius 2 is 2.00 bits per heavy atom. The highest BCUT2D eigenvalue weighted by Crippen LogP contribution is 2.21. The Hall–Kier alpha value is -1.58. The zero-order valence-electron chi connectivity index (χ0n) is 10.9. The SMILES string of the molecule is CNC(=O)c1cc(NC2CCCCCC2)ccn1. The van der Waals surface area contributed by atoms with Gasteiger partial charge in [-0.25, -0.2) is 0 Å². The topological polar surface area (TPSA) is 54.0 Å². The highest BCUT2D eigenvalue weighted by molar-refractivity contribution is 5.92. The summed E-state index contributed by atoms with van der Waals surface area (Å²) in [5.41, 5.74) is 1.46. The van der Waals surface area contributed by atoms with E-state index in [0.717, 1.165) is 5.69 Å². The summed E-state index contributed by atoms with van der Waals surface area (Å²) in [6.07, 6.45) is 9.41. The van der Waals surface area contributed by atoms with Crippen molar-refractivity contribution in [3.05, 3.63) is 24.0 Å². The lowest BCUT2D eigenvalue weighted by Crippen LogP contribution is -2.21. The number of nitrogens with zero attached hydrogens (tertiary/aromatic N) is 1. The number of carbonyl (C=O) groups excluding carboxylic acids is 1. The van der Waals surface area contributed by atoms with Crippen LogP contribution in [0.2, 0.25) is 0 Å². The first-order valence-corrected chi connectivity index (χ1v) is 6.74. The minimum Gasteiger partial charge on any atom is -0.382 e. The third-order valence-electron chi connectivity index (χ3n) is 3.45. The van der Waals surface area contributed by atoms with Crippen molar-refractivity contribution in [1.82, 2.24) is 10.3 Å². The Kier molecular flexibility index (Phi) is 4.56. The molecule has 18 heavy (non-hydrogen) atoms. The van der Waals surface area contributed by atoms with Crippen molar-refractivity contribution in [1.29, 1.82) is 0 Å². The summed E-state index contributed by atoms with van der Waals surface area (Å²) >= 11 is 0. The third-order valence-corrected chi connectivity index (χ3v) is 3.45. The Morgan fingerprint density at radius 3 is 2.67 bits per heavy atom. The summed E-state index contributed by atoms with van der Waals surface area (Å²) in [6, 6.07) is 4.29. The molecule has 2 rings (SSSR count). The number of nitrogens with one attached hydrogen (secondary N) is 2. The summed E-state index contributed by atoms with van der Waals surface area (Å²) in [6.45, 7) is 0. The highest BCUT2D eigenvalue weighted by Gasteiger charge is 2.12. The van der Waals surface area contributed by atoms with Gasteiger partial charge >= 0.3 is 0 Å². The van der Waals surface area contributed by atoms with Gasteiger partial charge in [0.25, 0.3) is 5.91 Å². The lowest BCUT2D eigenvalue weighted by molar-refractivity contribution is 0.0958. The lowest BCUT2D eigenvalue weighted by Gasteiger charge is -2.17. The van der Waals surface area contributed by atoms with E-state index >= 15 is 0 Å². The molecule has 2 N–H and O–H groups in total. The Bertz CT molecular complexity index is 398. The van der Waals surface area contributed by atoms with Crippen molar-refractivity contribution in [3.8, 4) is 0 Å². The van der Waals surface area contributed by atoms with Crippen LogP contribution >= 0.6 is 0 Å². The molecule has 4 nitrogen and oxygen atoms in total. The van der Waals surface area contributed by atoms with Crippen LogP contribution in [0.15, 0.2) is 18.3 Å². The van der Waals surface area contributed by atoms with E-state index in [1.54, 1.807) is 13.2 Å². The van der Waals surface area contributed by atoms with E-state index < -0.39 is 0 Å². The monoisotopic (exact) mass is 247 g/mol. The predicted molar refractivity (Wildman–Crippen MR) is 72.7 cm³/mol. The Morgan fingerprint density at radius 1 is 1.28 bits per heavy atom. The van der Waals surface area contributed by atoms with Crippen molar-refractivity contribution in [2.75, 3.05) is 12.4 Å². The Balaban J connectivity index is 2.01. The van der Waals surface area contributed by atoms with Gasteiger partial charge < -0.3 is 10.6 Å². The summed E-state index contributed by atoms with van der Waals surface area (Å²) in [5.74, 6) is -0.139. The molecule has 0 unspecified atom stereocenters. The molecule has 1 aliphatic rings. The smallest absolute Gasteiger partial charge is 0.269 e. The van der Waals surface area contributed by atoms with Gasteiger partial charge in [-0.05, 0) is 25.0 Å². The zero-order chi connectivity index (χ0) is 12.8. The molecule has 0 radical (unpaired) electrons. The first kappa shape index (κ1) is 12.9. The van der Waals surface area contributed by atoms with Crippen LogP contribution in [0.25, 0.3) is 0 Å². The average Bonchev–Trinajstić information content (AvgIpc) is 2.67. The summed E-state index contributed by atoms with van der Waals surface area (Å²) in [5, 5.41) is 6.11. The minimum atomic E-state index is -0.139. The summed E-state index contributed by atoms with van der Waals surface area (Å²) in [7, 11) is 1.62. The number of hydrogen-bond acceptors (Lipinski definition) is 3. The van der Waals surface area contributed by atoms with Crippen molar-refractivity contribution < 1.29 is 4.79 Å². The summed E-state index contributed by atoms with van der Waals surface area (Å²) < 4.78 is 0. The molecule has 1 aromatic heterocycles. The normalized spacial score (nSPS) is 16.9. The quantitative estimate of drug-likeness (QED) is 0.807. The van der Waals surface area contributed by atoms with Gasteiger partial charge in [-0.15, -0.1) is 0 Å². The molecule has 1 aromatic rings. The number of carbonyl (C=O) groups is 1. The molecule has 1 heterocycles. The van der Waals surface area contributed by atoms with E-state index in [2.05, 4.69) is 15.6 Å². The van der Waals surface area contributed by atoms with Crippen molar-refractivity contribution in [2.24, 2.45) is 0 Å². The second kappa shape index (κ2) is 6.38. The minimum absolute atomic E-state index is 0.139. The zero-order valence-corrected chi connectivity index (χ0v) is 10.9. The van der Waals surface area contributed by atoms with Crippen LogP contribution in [-0.2, 0) is 0 Å². The van der Waals surface area contributed by atoms with Crippen LogP contribution in [0.1, 0.15) is 49.0 Å². The van der Waals surface area contributed by atoms with Gasteiger partial charge in [-0.3, -0.25) is 9.78 Å². The van der Waals surface area contributed by atoms with Crippen molar-refractivity contribution in [2.45, 2.75) is 44.6 Å². The van der Waals surface area contributed by atoms with E-state index in [4.69, 9.17) is 0 Å². The molecular formula is C14H21N3O. The fourth-order valence-electron chi connectivity index (χ4n) is 2.43. The number of rotatable bonds is 3. The number of amides is 1. The van der Waals surface area contributed by atoms with Crippen molar-refractivity contribution >= 4 is 11.6 Å². The molecule has 4 heteroatoms. The fourth-order valence-corrected chi connectivity index (χ4v) is 2.43. The molecule has 0 aliphatic heterocycles. The van der Waals surface area contributed by atoms with Gasteiger partial charge in [0.05, 0.1) is 0 Å². The van der Waals surface area contributed by atoms with E-state index in [0.29, 0.717) is 11.7 Å². The van der Waals surface area contributed by atoms with Crippen LogP contribution < -0.4 is 10.6 Å². The number of hydrogen-bond donors (Lipinski definition) is 2. The van der Waals surface area contributed by atoms with Crippen LogP contribution in [0, 0.1) is 0 Å². The predicted octanol–water partition coefficient (Wildman–Crippen LogP) is 2.58. The van der Waals surface area contributed by atoms with Gasteiger partial charge in [0.15, 0.2) is 0 Å². The van der Waals surface area contributed by atoms with Gasteiger partial charge in [0, 0.05) is 25.0 Å². The largest absolute Gasteiger partial charge is 0.382 e. The fraction of sp³-hybridized carbons (Fsp3) is 0.571. The van der Waals surface area contributed by atoms with Gasteiger partial charge in [-0.2, -0.15) is 0 Å². The van der Waals surface area contributed by atoms with Crippen LogP contribution in [0.5, 0.6) is 0 Å². The van der Waals surface area contributed by atoms with Gasteiger partial charge in [0.1, 0.15) is 5.69 Å². The maximum absolute atomic E-state index is 11.5. The third kappa shape index (κ3) is 3.45. The molecule has 1 amide bonds. The molecule has 0 atom stereocenters. The molecule has 0 bridgehead atoms. The van der Waals surface area contributed by atoms with Gasteiger partial charge in [-0.1, -0.05) is 25.7 Å². The van der Waals surface area contributed by atoms with Crippen LogP contribution in [-0.4, -0.2) is 24.0 Å². The van der Waals surface area contributed by atoms with Crippen LogP contribution in [0.4, 0.5) is 5.69 Å². The van der Waals surface area contributed by atoms with Crippen LogP contribution in [0.3, 0.4) is 0 Å². The van der Waals surface area contributed by atoms with E-state index in [1.165, 1.54) is 38.5 Å². The van der Waals surface area contributed by atoms with E-state index in [9.17, 15) is 4.79 Å². The second-order valence-electron chi connectivity index (χ2n) is 4.84. The van der Waals surface area contributed by atoms with Gasteiger partial charge in [0.2, 0.25) is 0 Å². The first-order valence-electron chi connectivity index (χ1n) is 6.74. The second-order valence-corrected chi connectivity index (χ2v) is 4.84. The average molecular weight is 247 g/mol. The Labute approximate surface area is 108 Å². The summed E-state index contributed by atoms with van der Waals surface area (Å²) in [4.78, 5) is 15.6. The number of pyridine rings is 1. The molecule has 1 fully saturated rings. The molecule has 1 saturated carbocycles. The maximum atomic E-state index is 11.5. The molecule has 0 aromatic carbocycles. The highest BCUT2D eigenvalue weighted by atomic mass is 16.1. The maximum Gasteiger partial charge on any atom is 0.269 e. The molecule has 98 valence electrons. The van der Waals surface area contributed by atoms with E-state index in [1.807, 2.05) is 12.1 Å². The molecule has 0 saturated heterocycles. The molecule has 0 spiro atoms. The molecular weight excluding hydrogens is 226 g/mol. The van der Waals surface area contributed by atoms with Crippen molar-refractivity contribution in [3.63, 3.8) is 0 Å². The number of aromatic nitrogens is 1. The lowest BCUT2D eigenvalue weighted by atomic mass is 10.1. The molecule has 1 aliphatic carbocycles. The number of anilines is 1. The standard InChI is InChI=1S/C14H21N3O/c1-15-14(18)13-10-12(8-9-16-13)17-11-6-4-2-3-5-7-11/h8-11H,2-7H2,1H3,(H,15,18)(H,16,17). The van der Waals surface area contributed by atoms with E-state index in [-0.39, 0.29) is 5.91 Å².